The van der Waals surface area contributed by atoms with Crippen molar-refractivity contribution in [1.29, 1.82) is 0 Å². The highest BCUT2D eigenvalue weighted by molar-refractivity contribution is 6.07. The van der Waals surface area contributed by atoms with Crippen molar-refractivity contribution < 1.29 is 14.3 Å². The number of benzene rings is 1. The summed E-state index contributed by atoms with van der Waals surface area (Å²) in [6.07, 6.45) is 2.03. The lowest BCUT2D eigenvalue weighted by Gasteiger charge is -2.40. The summed E-state index contributed by atoms with van der Waals surface area (Å²) in [4.78, 5) is 14.5. The van der Waals surface area contributed by atoms with E-state index < -0.39 is 5.54 Å². The average Bonchev–Trinajstić information content (AvgIpc) is 2.84. The van der Waals surface area contributed by atoms with Gasteiger partial charge in [-0.25, -0.2) is 0 Å². The van der Waals surface area contributed by atoms with E-state index in [0.29, 0.717) is 5.75 Å². The van der Waals surface area contributed by atoms with Crippen LogP contribution in [0.25, 0.3) is 0 Å². The summed E-state index contributed by atoms with van der Waals surface area (Å²) in [7, 11) is 0. The molecular formula is C15H20N2O3. The Bertz CT molecular complexity index is 554. The molecule has 1 aromatic rings. The first-order valence-electron chi connectivity index (χ1n) is 7.06. The van der Waals surface area contributed by atoms with Gasteiger partial charge in [0.1, 0.15) is 5.54 Å². The van der Waals surface area contributed by atoms with Gasteiger partial charge in [-0.15, -0.1) is 0 Å². The van der Waals surface area contributed by atoms with Crippen LogP contribution in [0, 0.1) is 0 Å². The summed E-state index contributed by atoms with van der Waals surface area (Å²) in [5, 5.41) is 3.30. The molecule has 1 aromatic carbocycles. The van der Waals surface area contributed by atoms with Crippen molar-refractivity contribution in [3.8, 4) is 11.5 Å². The van der Waals surface area contributed by atoms with Gasteiger partial charge in [0.15, 0.2) is 11.5 Å². The summed E-state index contributed by atoms with van der Waals surface area (Å²) in [6, 6.07) is 3.82. The lowest BCUT2D eigenvalue weighted by Crippen LogP contribution is -2.54. The standard InChI is InChI=1S/C15H20N2O3/c1-4-5-6-17-11-8-13-12(19-9-20-13)7-10(11)16-15(2,3)14(17)18/h7-8,16H,4-6,9H2,1-3H3. The van der Waals surface area contributed by atoms with E-state index in [-0.39, 0.29) is 12.7 Å². The van der Waals surface area contributed by atoms with Gasteiger partial charge in [0.25, 0.3) is 5.91 Å². The second kappa shape index (κ2) is 4.58. The highest BCUT2D eigenvalue weighted by atomic mass is 16.7. The Labute approximate surface area is 118 Å². The number of nitrogens with one attached hydrogen (secondary N) is 1. The number of amides is 1. The molecule has 1 N–H and O–H groups in total. The van der Waals surface area contributed by atoms with Crippen LogP contribution in [0.1, 0.15) is 33.6 Å². The van der Waals surface area contributed by atoms with Crippen LogP contribution >= 0.6 is 0 Å². The van der Waals surface area contributed by atoms with E-state index in [1.165, 1.54) is 0 Å². The number of unbranched alkanes of at least 4 members (excludes halogenated alkanes) is 1. The second-order valence-corrected chi connectivity index (χ2v) is 5.78. The van der Waals surface area contributed by atoms with Crippen LogP contribution in [0.3, 0.4) is 0 Å². The Kier molecular flexibility index (Phi) is 3.00. The first kappa shape index (κ1) is 13.1. The van der Waals surface area contributed by atoms with Crippen molar-refractivity contribution in [3.63, 3.8) is 0 Å². The van der Waals surface area contributed by atoms with Gasteiger partial charge in [0.2, 0.25) is 6.79 Å². The van der Waals surface area contributed by atoms with E-state index in [4.69, 9.17) is 9.47 Å². The molecule has 2 heterocycles. The van der Waals surface area contributed by atoms with Gasteiger partial charge in [0, 0.05) is 18.7 Å². The summed E-state index contributed by atoms with van der Waals surface area (Å²) in [5.41, 5.74) is 1.20. The van der Waals surface area contributed by atoms with Gasteiger partial charge in [-0.05, 0) is 20.3 Å². The zero-order chi connectivity index (χ0) is 14.3. The van der Waals surface area contributed by atoms with E-state index in [0.717, 1.165) is 36.5 Å². The molecule has 0 aliphatic carbocycles. The predicted molar refractivity (Wildman–Crippen MR) is 77.5 cm³/mol. The van der Waals surface area contributed by atoms with Crippen LogP contribution < -0.4 is 19.7 Å². The van der Waals surface area contributed by atoms with Crippen LogP contribution in [-0.2, 0) is 4.79 Å². The molecule has 1 amide bonds. The molecule has 0 radical (unpaired) electrons. The summed E-state index contributed by atoms with van der Waals surface area (Å²) in [6.45, 7) is 6.90. The third kappa shape index (κ3) is 1.97. The monoisotopic (exact) mass is 276 g/mol. The van der Waals surface area contributed by atoms with Gasteiger partial charge >= 0.3 is 0 Å². The average molecular weight is 276 g/mol. The minimum absolute atomic E-state index is 0.0947. The summed E-state index contributed by atoms with van der Waals surface area (Å²) in [5.74, 6) is 1.54. The van der Waals surface area contributed by atoms with Crippen LogP contribution in [0.4, 0.5) is 11.4 Å². The van der Waals surface area contributed by atoms with Gasteiger partial charge < -0.3 is 19.7 Å². The molecule has 2 aliphatic heterocycles. The number of anilines is 2. The third-order valence-electron chi connectivity index (χ3n) is 3.74. The van der Waals surface area contributed by atoms with Crippen molar-refractivity contribution in [1.82, 2.24) is 0 Å². The minimum atomic E-state index is -0.603. The maximum atomic E-state index is 12.6. The van der Waals surface area contributed by atoms with Gasteiger partial charge in [-0.1, -0.05) is 13.3 Å². The molecule has 0 aromatic heterocycles. The van der Waals surface area contributed by atoms with Crippen LogP contribution in [0.15, 0.2) is 12.1 Å². The SMILES string of the molecule is CCCCN1C(=O)C(C)(C)Nc2cc3c(cc21)OCO3. The van der Waals surface area contributed by atoms with Crippen LogP contribution in [0.2, 0.25) is 0 Å². The van der Waals surface area contributed by atoms with Gasteiger partial charge in [-0.3, -0.25) is 4.79 Å². The molecule has 3 rings (SSSR count). The van der Waals surface area contributed by atoms with Crippen LogP contribution in [0.5, 0.6) is 11.5 Å². The molecule has 0 saturated heterocycles. The largest absolute Gasteiger partial charge is 0.454 e. The smallest absolute Gasteiger partial charge is 0.252 e. The fourth-order valence-corrected chi connectivity index (χ4v) is 2.63. The molecule has 0 unspecified atom stereocenters. The van der Waals surface area contributed by atoms with Crippen molar-refractivity contribution in [2.24, 2.45) is 0 Å². The molecule has 2 aliphatic rings. The third-order valence-corrected chi connectivity index (χ3v) is 3.74. The lowest BCUT2D eigenvalue weighted by atomic mass is 9.97. The zero-order valence-corrected chi connectivity index (χ0v) is 12.2. The van der Waals surface area contributed by atoms with E-state index >= 15 is 0 Å². The van der Waals surface area contributed by atoms with E-state index in [9.17, 15) is 4.79 Å². The van der Waals surface area contributed by atoms with E-state index in [1.807, 2.05) is 30.9 Å². The highest BCUT2D eigenvalue weighted by Crippen LogP contribution is 2.44. The normalized spacial score (nSPS) is 18.8. The zero-order valence-electron chi connectivity index (χ0n) is 12.2. The number of nitrogens with zero attached hydrogens (tertiary/aromatic N) is 1. The maximum Gasteiger partial charge on any atom is 0.252 e. The lowest BCUT2D eigenvalue weighted by molar-refractivity contribution is -0.122. The Morgan fingerprint density at radius 2 is 2.00 bits per heavy atom. The molecule has 5 nitrogen and oxygen atoms in total. The molecule has 0 atom stereocenters. The molecule has 0 bridgehead atoms. The van der Waals surface area contributed by atoms with Crippen LogP contribution in [-0.4, -0.2) is 24.8 Å². The second-order valence-electron chi connectivity index (χ2n) is 5.78. The van der Waals surface area contributed by atoms with Gasteiger partial charge in [-0.2, -0.15) is 0 Å². The van der Waals surface area contributed by atoms with Crippen molar-refractivity contribution in [2.75, 3.05) is 23.6 Å². The quantitative estimate of drug-likeness (QED) is 0.922. The molecular weight excluding hydrogens is 256 g/mol. The van der Waals surface area contributed by atoms with E-state index in [1.54, 1.807) is 0 Å². The number of carbonyl (C=O) groups is 1. The topological polar surface area (TPSA) is 50.8 Å². The van der Waals surface area contributed by atoms with E-state index in [2.05, 4.69) is 12.2 Å². The maximum absolute atomic E-state index is 12.6. The van der Waals surface area contributed by atoms with Crippen molar-refractivity contribution >= 4 is 17.3 Å². The number of hydrogen-bond donors (Lipinski definition) is 1. The number of rotatable bonds is 3. The van der Waals surface area contributed by atoms with Gasteiger partial charge in [0.05, 0.1) is 11.4 Å². The first-order valence-corrected chi connectivity index (χ1v) is 7.06. The molecule has 20 heavy (non-hydrogen) atoms. The Morgan fingerprint density at radius 1 is 1.30 bits per heavy atom. The number of carbonyl (C=O) groups excluding carboxylic acids is 1. The summed E-state index contributed by atoms with van der Waals surface area (Å²) < 4.78 is 10.8. The molecule has 0 spiro atoms. The Morgan fingerprint density at radius 3 is 2.70 bits per heavy atom. The molecule has 0 saturated carbocycles. The van der Waals surface area contributed by atoms with Crippen molar-refractivity contribution in [2.45, 2.75) is 39.2 Å². The highest BCUT2D eigenvalue weighted by Gasteiger charge is 2.39. The fraction of sp³-hybridized carbons (Fsp3) is 0.533. The Hall–Kier alpha value is -1.91. The Balaban J connectivity index is 2.05. The fourth-order valence-electron chi connectivity index (χ4n) is 2.63. The minimum Gasteiger partial charge on any atom is -0.454 e. The molecule has 5 heteroatoms. The number of ether oxygens (including phenoxy) is 2. The van der Waals surface area contributed by atoms with Crippen molar-refractivity contribution in [3.05, 3.63) is 12.1 Å². The summed E-state index contributed by atoms with van der Waals surface area (Å²) >= 11 is 0. The first-order chi connectivity index (χ1) is 9.53. The molecule has 108 valence electrons. The number of hydrogen-bond acceptors (Lipinski definition) is 4. The molecule has 0 fully saturated rings. The predicted octanol–water partition coefficient (Wildman–Crippen LogP) is 2.75. The number of fused-ring (bicyclic) bond motifs is 2.